The van der Waals surface area contributed by atoms with E-state index < -0.39 is 11.5 Å². The number of nitrogens with two attached hydrogens (primary N) is 1. The monoisotopic (exact) mass is 214 g/mol. The standard InChI is InChI=1S/C11H22N2O2/c1-9(2)6-11(15,8(12)14)7-10(3,4)13(9)5/h15H,6-7H2,1-5H3,(H2,12,14). The van der Waals surface area contributed by atoms with Crippen LogP contribution >= 0.6 is 0 Å². The second-order valence-corrected chi connectivity index (χ2v) is 5.93. The van der Waals surface area contributed by atoms with Crippen LogP contribution in [0.25, 0.3) is 0 Å². The number of nitrogens with zero attached hydrogens (tertiary/aromatic N) is 1. The molecular weight excluding hydrogens is 192 g/mol. The van der Waals surface area contributed by atoms with Crippen LogP contribution in [0, 0.1) is 0 Å². The van der Waals surface area contributed by atoms with E-state index in [1.54, 1.807) is 0 Å². The van der Waals surface area contributed by atoms with Crippen molar-refractivity contribution < 1.29 is 9.90 Å². The number of primary amides is 1. The van der Waals surface area contributed by atoms with Crippen LogP contribution in [0.15, 0.2) is 0 Å². The molecule has 1 rings (SSSR count). The van der Waals surface area contributed by atoms with Crippen LogP contribution in [0.4, 0.5) is 0 Å². The molecule has 0 unspecified atom stereocenters. The Morgan fingerprint density at radius 2 is 1.53 bits per heavy atom. The molecule has 3 N–H and O–H groups in total. The highest BCUT2D eigenvalue weighted by atomic mass is 16.3. The minimum Gasteiger partial charge on any atom is -0.380 e. The zero-order chi connectivity index (χ0) is 12.1. The quantitative estimate of drug-likeness (QED) is 0.667. The van der Waals surface area contributed by atoms with E-state index in [9.17, 15) is 9.90 Å². The molecule has 1 saturated heterocycles. The molecule has 0 radical (unpaired) electrons. The Labute approximate surface area is 91.4 Å². The van der Waals surface area contributed by atoms with Crippen molar-refractivity contribution in [2.75, 3.05) is 7.05 Å². The summed E-state index contributed by atoms with van der Waals surface area (Å²) in [4.78, 5) is 13.5. The molecule has 0 saturated carbocycles. The number of carbonyl (C=O) groups excluding carboxylic acids is 1. The summed E-state index contributed by atoms with van der Waals surface area (Å²) in [5.74, 6) is -0.614. The largest absolute Gasteiger partial charge is 0.380 e. The van der Waals surface area contributed by atoms with Crippen molar-refractivity contribution in [3.8, 4) is 0 Å². The summed E-state index contributed by atoms with van der Waals surface area (Å²) in [6, 6.07) is 0. The smallest absolute Gasteiger partial charge is 0.249 e. The third kappa shape index (κ3) is 2.01. The van der Waals surface area contributed by atoms with Crippen molar-refractivity contribution in [2.45, 2.75) is 57.2 Å². The number of likely N-dealkylation sites (tertiary alicyclic amines) is 1. The third-order valence-corrected chi connectivity index (χ3v) is 3.72. The van der Waals surface area contributed by atoms with Gasteiger partial charge in [-0.2, -0.15) is 0 Å². The van der Waals surface area contributed by atoms with Crippen molar-refractivity contribution >= 4 is 5.91 Å². The first-order chi connectivity index (χ1) is 6.51. The van der Waals surface area contributed by atoms with Crippen LogP contribution in [-0.2, 0) is 4.79 Å². The number of rotatable bonds is 1. The lowest BCUT2D eigenvalue weighted by molar-refractivity contribution is -0.160. The van der Waals surface area contributed by atoms with Gasteiger partial charge in [0.25, 0.3) is 0 Å². The molecule has 0 aliphatic carbocycles. The first-order valence-electron chi connectivity index (χ1n) is 5.28. The number of hydrogen-bond acceptors (Lipinski definition) is 3. The van der Waals surface area contributed by atoms with Gasteiger partial charge >= 0.3 is 0 Å². The number of carbonyl (C=O) groups is 1. The van der Waals surface area contributed by atoms with Crippen LogP contribution in [0.3, 0.4) is 0 Å². The van der Waals surface area contributed by atoms with Gasteiger partial charge in [-0.05, 0) is 34.7 Å². The van der Waals surface area contributed by atoms with E-state index in [0.29, 0.717) is 12.8 Å². The molecule has 1 fully saturated rings. The highest BCUT2D eigenvalue weighted by molar-refractivity contribution is 5.83. The second-order valence-electron chi connectivity index (χ2n) is 5.93. The molecule has 0 bridgehead atoms. The summed E-state index contributed by atoms with van der Waals surface area (Å²) in [7, 11) is 2.01. The van der Waals surface area contributed by atoms with Crippen LogP contribution < -0.4 is 5.73 Å². The molecule has 1 amide bonds. The molecule has 15 heavy (non-hydrogen) atoms. The SMILES string of the molecule is CN1C(C)(C)CC(O)(C(N)=O)CC1(C)C. The van der Waals surface area contributed by atoms with Gasteiger partial charge in [0, 0.05) is 23.9 Å². The Bertz CT molecular complexity index is 266. The molecule has 4 heteroatoms. The van der Waals surface area contributed by atoms with E-state index in [2.05, 4.69) is 4.90 Å². The number of aliphatic hydroxyl groups is 1. The first-order valence-corrected chi connectivity index (χ1v) is 5.28. The van der Waals surface area contributed by atoms with Crippen LogP contribution in [0.1, 0.15) is 40.5 Å². The van der Waals surface area contributed by atoms with Crippen LogP contribution in [0.5, 0.6) is 0 Å². The van der Waals surface area contributed by atoms with Gasteiger partial charge in [-0.3, -0.25) is 9.69 Å². The zero-order valence-corrected chi connectivity index (χ0v) is 10.3. The molecular formula is C11H22N2O2. The summed E-state index contributed by atoms with van der Waals surface area (Å²) < 4.78 is 0. The maximum atomic E-state index is 11.3. The van der Waals surface area contributed by atoms with E-state index >= 15 is 0 Å². The summed E-state index contributed by atoms with van der Waals surface area (Å²) in [5.41, 5.74) is 3.44. The lowest BCUT2D eigenvalue weighted by Gasteiger charge is -2.55. The summed E-state index contributed by atoms with van der Waals surface area (Å²) >= 11 is 0. The minimum atomic E-state index is -1.38. The van der Waals surface area contributed by atoms with Gasteiger partial charge in [0.1, 0.15) is 5.60 Å². The van der Waals surface area contributed by atoms with E-state index in [1.807, 2.05) is 34.7 Å². The van der Waals surface area contributed by atoms with Crippen molar-refractivity contribution in [2.24, 2.45) is 5.73 Å². The average Bonchev–Trinajstić information content (AvgIpc) is 1.98. The van der Waals surface area contributed by atoms with Crippen LogP contribution in [0.2, 0.25) is 0 Å². The maximum Gasteiger partial charge on any atom is 0.249 e. The predicted molar refractivity (Wildman–Crippen MR) is 59.3 cm³/mol. The van der Waals surface area contributed by atoms with E-state index in [-0.39, 0.29) is 11.1 Å². The Morgan fingerprint density at radius 1 is 1.20 bits per heavy atom. The molecule has 0 aromatic carbocycles. The summed E-state index contributed by atoms with van der Waals surface area (Å²) in [6.45, 7) is 8.06. The van der Waals surface area contributed by atoms with Gasteiger partial charge in [0.05, 0.1) is 0 Å². The van der Waals surface area contributed by atoms with E-state index in [1.165, 1.54) is 0 Å². The Hall–Kier alpha value is -0.610. The zero-order valence-electron chi connectivity index (χ0n) is 10.3. The maximum absolute atomic E-state index is 11.3. The topological polar surface area (TPSA) is 66.6 Å². The van der Waals surface area contributed by atoms with Gasteiger partial charge in [-0.1, -0.05) is 0 Å². The Morgan fingerprint density at radius 3 is 1.80 bits per heavy atom. The average molecular weight is 214 g/mol. The minimum absolute atomic E-state index is 0.231. The predicted octanol–water partition coefficient (Wildman–Crippen LogP) is 0.486. The molecule has 0 aromatic rings. The number of hydrogen-bond donors (Lipinski definition) is 2. The first kappa shape index (κ1) is 12.5. The normalized spacial score (nSPS) is 28.7. The fraction of sp³-hybridized carbons (Fsp3) is 0.909. The van der Waals surface area contributed by atoms with Gasteiger partial charge in [-0.25, -0.2) is 0 Å². The van der Waals surface area contributed by atoms with Crippen molar-refractivity contribution in [3.63, 3.8) is 0 Å². The highest BCUT2D eigenvalue weighted by Crippen LogP contribution is 2.42. The number of piperidine rings is 1. The second kappa shape index (κ2) is 3.19. The van der Waals surface area contributed by atoms with E-state index in [4.69, 9.17) is 5.73 Å². The molecule has 1 heterocycles. The number of amides is 1. The molecule has 88 valence electrons. The molecule has 1 aliphatic heterocycles. The molecule has 1 aliphatic rings. The van der Waals surface area contributed by atoms with Crippen molar-refractivity contribution in [1.29, 1.82) is 0 Å². The Balaban J connectivity index is 3.09. The lowest BCUT2D eigenvalue weighted by Crippen LogP contribution is -2.66. The van der Waals surface area contributed by atoms with E-state index in [0.717, 1.165) is 0 Å². The molecule has 4 nitrogen and oxygen atoms in total. The lowest BCUT2D eigenvalue weighted by atomic mass is 9.71. The van der Waals surface area contributed by atoms with Gasteiger partial charge in [-0.15, -0.1) is 0 Å². The summed E-state index contributed by atoms with van der Waals surface area (Å²) in [6.07, 6.45) is 0.768. The fourth-order valence-electron chi connectivity index (χ4n) is 2.72. The highest BCUT2D eigenvalue weighted by Gasteiger charge is 2.52. The molecule has 0 spiro atoms. The van der Waals surface area contributed by atoms with Crippen molar-refractivity contribution in [1.82, 2.24) is 4.90 Å². The summed E-state index contributed by atoms with van der Waals surface area (Å²) in [5, 5.41) is 10.2. The molecule has 0 aromatic heterocycles. The van der Waals surface area contributed by atoms with Crippen LogP contribution in [-0.4, -0.2) is 39.6 Å². The van der Waals surface area contributed by atoms with Crippen molar-refractivity contribution in [3.05, 3.63) is 0 Å². The Kier molecular flexibility index (Phi) is 2.65. The van der Waals surface area contributed by atoms with Gasteiger partial charge in [0.15, 0.2) is 0 Å². The van der Waals surface area contributed by atoms with Gasteiger partial charge < -0.3 is 10.8 Å². The fourth-order valence-corrected chi connectivity index (χ4v) is 2.72. The van der Waals surface area contributed by atoms with Gasteiger partial charge in [0.2, 0.25) is 5.91 Å². The molecule has 0 atom stereocenters. The third-order valence-electron chi connectivity index (χ3n) is 3.72.